The first-order chi connectivity index (χ1) is 13.1. The van der Waals surface area contributed by atoms with Gasteiger partial charge in [-0.2, -0.15) is 0 Å². The third-order valence-corrected chi connectivity index (χ3v) is 4.98. The molecule has 1 aliphatic carbocycles. The highest BCUT2D eigenvalue weighted by molar-refractivity contribution is 5.99. The third kappa shape index (κ3) is 3.58. The lowest BCUT2D eigenvalue weighted by Crippen LogP contribution is -2.33. The lowest BCUT2D eigenvalue weighted by molar-refractivity contribution is 0.0707. The van der Waals surface area contributed by atoms with Crippen molar-refractivity contribution in [2.45, 2.75) is 25.8 Å². The number of amides is 1. The molecule has 0 saturated heterocycles. The highest BCUT2D eigenvalue weighted by Crippen LogP contribution is 2.44. The molecule has 0 spiro atoms. The molecule has 0 bridgehead atoms. The second-order valence-electron chi connectivity index (χ2n) is 7.00. The van der Waals surface area contributed by atoms with Crippen LogP contribution in [0.25, 0.3) is 11.3 Å². The van der Waals surface area contributed by atoms with Crippen LogP contribution in [-0.4, -0.2) is 32.8 Å². The zero-order valence-corrected chi connectivity index (χ0v) is 15.5. The molecule has 1 amide bonds. The molecule has 0 aliphatic heterocycles. The van der Waals surface area contributed by atoms with Gasteiger partial charge in [-0.25, -0.2) is 9.97 Å². The fourth-order valence-corrected chi connectivity index (χ4v) is 3.48. The van der Waals surface area contributed by atoms with E-state index < -0.39 is 0 Å². The summed E-state index contributed by atoms with van der Waals surface area (Å²) in [6.07, 6.45) is 5.67. The SMILES string of the molecule is Cc1ncc(C(=O)N(C)[C@H](c2ccccn2)C2CC2)c(-c2ccccc2)n1. The van der Waals surface area contributed by atoms with Gasteiger partial charge in [-0.15, -0.1) is 0 Å². The Morgan fingerprint density at radius 2 is 1.81 bits per heavy atom. The summed E-state index contributed by atoms with van der Waals surface area (Å²) in [6.45, 7) is 1.84. The predicted octanol–water partition coefficient (Wildman–Crippen LogP) is 4.07. The van der Waals surface area contributed by atoms with E-state index in [1.54, 1.807) is 17.3 Å². The van der Waals surface area contributed by atoms with Gasteiger partial charge >= 0.3 is 0 Å². The summed E-state index contributed by atoms with van der Waals surface area (Å²) in [7, 11) is 1.86. The van der Waals surface area contributed by atoms with E-state index >= 15 is 0 Å². The molecular weight excluding hydrogens is 336 g/mol. The smallest absolute Gasteiger partial charge is 0.257 e. The van der Waals surface area contributed by atoms with E-state index in [9.17, 15) is 4.79 Å². The van der Waals surface area contributed by atoms with Gasteiger partial charge in [-0.1, -0.05) is 36.4 Å². The minimum absolute atomic E-state index is 0.0244. The third-order valence-electron chi connectivity index (χ3n) is 4.98. The zero-order chi connectivity index (χ0) is 18.8. The number of hydrogen-bond donors (Lipinski definition) is 0. The van der Waals surface area contributed by atoms with Crippen molar-refractivity contribution in [1.29, 1.82) is 0 Å². The minimum atomic E-state index is -0.0728. The van der Waals surface area contributed by atoms with E-state index in [0.717, 1.165) is 24.1 Å². The number of carbonyl (C=O) groups excluding carboxylic acids is 1. The Balaban J connectivity index is 1.72. The van der Waals surface area contributed by atoms with Gasteiger partial charge < -0.3 is 4.90 Å². The maximum Gasteiger partial charge on any atom is 0.257 e. The highest BCUT2D eigenvalue weighted by Gasteiger charge is 2.38. The largest absolute Gasteiger partial charge is 0.333 e. The van der Waals surface area contributed by atoms with Crippen molar-refractivity contribution in [2.75, 3.05) is 7.05 Å². The fourth-order valence-electron chi connectivity index (χ4n) is 3.48. The Morgan fingerprint density at radius 1 is 1.07 bits per heavy atom. The number of rotatable bonds is 5. The molecule has 5 nitrogen and oxygen atoms in total. The Bertz CT molecular complexity index is 939. The Kier molecular flexibility index (Phi) is 4.67. The van der Waals surface area contributed by atoms with Gasteiger partial charge in [-0.05, 0) is 37.8 Å². The number of hydrogen-bond acceptors (Lipinski definition) is 4. The van der Waals surface area contributed by atoms with E-state index in [2.05, 4.69) is 15.0 Å². The van der Waals surface area contributed by atoms with Gasteiger partial charge in [0.25, 0.3) is 5.91 Å². The lowest BCUT2D eigenvalue weighted by Gasteiger charge is -2.28. The first-order valence-corrected chi connectivity index (χ1v) is 9.22. The van der Waals surface area contributed by atoms with Gasteiger partial charge in [0.05, 0.1) is 23.0 Å². The zero-order valence-electron chi connectivity index (χ0n) is 15.5. The summed E-state index contributed by atoms with van der Waals surface area (Å²) < 4.78 is 0. The van der Waals surface area contributed by atoms with Crippen LogP contribution in [0, 0.1) is 12.8 Å². The monoisotopic (exact) mass is 358 g/mol. The van der Waals surface area contributed by atoms with Crippen molar-refractivity contribution in [3.63, 3.8) is 0 Å². The van der Waals surface area contributed by atoms with Crippen LogP contribution < -0.4 is 0 Å². The second-order valence-corrected chi connectivity index (χ2v) is 7.00. The van der Waals surface area contributed by atoms with Crippen LogP contribution in [0.5, 0.6) is 0 Å². The van der Waals surface area contributed by atoms with Crippen molar-refractivity contribution < 1.29 is 4.79 Å². The molecule has 0 N–H and O–H groups in total. The lowest BCUT2D eigenvalue weighted by atomic mass is 10.0. The fraction of sp³-hybridized carbons (Fsp3) is 0.273. The number of aromatic nitrogens is 3. The number of nitrogens with zero attached hydrogens (tertiary/aromatic N) is 4. The summed E-state index contributed by atoms with van der Waals surface area (Å²) in [4.78, 5) is 28.6. The number of benzene rings is 1. The second kappa shape index (κ2) is 7.27. The van der Waals surface area contributed by atoms with Crippen LogP contribution in [0.4, 0.5) is 0 Å². The van der Waals surface area contributed by atoms with E-state index in [0.29, 0.717) is 23.0 Å². The average Bonchev–Trinajstić information content (AvgIpc) is 3.54. The molecule has 3 aromatic rings. The van der Waals surface area contributed by atoms with Gasteiger partial charge in [0.1, 0.15) is 5.82 Å². The topological polar surface area (TPSA) is 59.0 Å². The van der Waals surface area contributed by atoms with Crippen molar-refractivity contribution >= 4 is 5.91 Å². The number of pyridine rings is 1. The van der Waals surface area contributed by atoms with Crippen molar-refractivity contribution in [1.82, 2.24) is 19.9 Å². The Labute approximate surface area is 159 Å². The van der Waals surface area contributed by atoms with Gasteiger partial charge in [0, 0.05) is 25.0 Å². The first-order valence-electron chi connectivity index (χ1n) is 9.22. The van der Waals surface area contributed by atoms with Crippen LogP contribution in [0.1, 0.15) is 40.8 Å². The van der Waals surface area contributed by atoms with Gasteiger partial charge in [0.2, 0.25) is 0 Å². The molecule has 4 rings (SSSR count). The summed E-state index contributed by atoms with van der Waals surface area (Å²) in [5, 5.41) is 0. The maximum absolute atomic E-state index is 13.4. The van der Waals surface area contributed by atoms with E-state index in [1.165, 1.54) is 0 Å². The molecule has 5 heteroatoms. The van der Waals surface area contributed by atoms with Crippen molar-refractivity contribution in [3.05, 3.63) is 78.0 Å². The van der Waals surface area contributed by atoms with Gasteiger partial charge in [0.15, 0.2) is 0 Å². The molecule has 136 valence electrons. The molecule has 2 heterocycles. The standard InChI is InChI=1S/C22H22N4O/c1-15-24-14-18(20(25-15)16-8-4-3-5-9-16)22(27)26(2)21(17-11-12-17)19-10-6-7-13-23-19/h3-10,13-14,17,21H,11-12H2,1-2H3/t21-/m0/s1. The molecule has 1 fully saturated rings. The molecule has 2 aromatic heterocycles. The summed E-state index contributed by atoms with van der Waals surface area (Å²) in [5.41, 5.74) is 3.05. The normalized spacial score (nSPS) is 14.6. The van der Waals surface area contributed by atoms with Crippen LogP contribution in [0.2, 0.25) is 0 Å². The molecule has 0 radical (unpaired) electrons. The van der Waals surface area contributed by atoms with Crippen LogP contribution >= 0.6 is 0 Å². The Hall–Kier alpha value is -3.08. The molecular formula is C22H22N4O. The summed E-state index contributed by atoms with van der Waals surface area (Å²) in [5.74, 6) is 1.04. The predicted molar refractivity (Wildman–Crippen MR) is 104 cm³/mol. The minimum Gasteiger partial charge on any atom is -0.333 e. The van der Waals surface area contributed by atoms with E-state index in [1.807, 2.05) is 62.5 Å². The molecule has 1 aromatic carbocycles. The molecule has 1 saturated carbocycles. The molecule has 1 aliphatic rings. The number of aryl methyl sites for hydroxylation is 1. The van der Waals surface area contributed by atoms with Crippen LogP contribution in [-0.2, 0) is 0 Å². The van der Waals surface area contributed by atoms with E-state index in [-0.39, 0.29) is 11.9 Å². The quantitative estimate of drug-likeness (QED) is 0.690. The van der Waals surface area contributed by atoms with Crippen molar-refractivity contribution in [2.24, 2.45) is 5.92 Å². The van der Waals surface area contributed by atoms with Crippen LogP contribution in [0.15, 0.2) is 60.9 Å². The van der Waals surface area contributed by atoms with Crippen molar-refractivity contribution in [3.8, 4) is 11.3 Å². The molecule has 27 heavy (non-hydrogen) atoms. The molecule has 1 atom stereocenters. The number of carbonyl (C=O) groups is 1. The average molecular weight is 358 g/mol. The first kappa shape index (κ1) is 17.3. The van der Waals surface area contributed by atoms with Crippen LogP contribution in [0.3, 0.4) is 0 Å². The Morgan fingerprint density at radius 3 is 2.48 bits per heavy atom. The van der Waals surface area contributed by atoms with Gasteiger partial charge in [-0.3, -0.25) is 9.78 Å². The molecule has 0 unspecified atom stereocenters. The maximum atomic E-state index is 13.4. The summed E-state index contributed by atoms with van der Waals surface area (Å²) in [6, 6.07) is 15.6. The summed E-state index contributed by atoms with van der Waals surface area (Å²) >= 11 is 0. The highest BCUT2D eigenvalue weighted by atomic mass is 16.2. The van der Waals surface area contributed by atoms with E-state index in [4.69, 9.17) is 0 Å².